The highest BCUT2D eigenvalue weighted by atomic mass is 16.4. The van der Waals surface area contributed by atoms with E-state index in [0.29, 0.717) is 0 Å². The second-order valence-electron chi connectivity index (χ2n) is 2.44. The third-order valence-corrected chi connectivity index (χ3v) is 1.17. The van der Waals surface area contributed by atoms with Crippen LogP contribution in [0.2, 0.25) is 0 Å². The van der Waals surface area contributed by atoms with Crippen LogP contribution in [-0.4, -0.2) is 30.7 Å². The first-order valence-electron chi connectivity index (χ1n) is 4.42. The molecule has 0 bridgehead atoms. The molecule has 0 saturated carbocycles. The monoisotopic (exact) mass is 188 g/mol. The molecule has 0 aromatic heterocycles. The fraction of sp³-hybridized carbons (Fsp3) is 0.667. The van der Waals surface area contributed by atoms with Crippen molar-refractivity contribution < 1.29 is 9.90 Å². The van der Waals surface area contributed by atoms with Crippen LogP contribution in [0.25, 0.3) is 0 Å². The Hall–Kier alpha value is -0.870. The third kappa shape index (κ3) is 24.7. The summed E-state index contributed by atoms with van der Waals surface area (Å²) >= 11 is 0. The van der Waals surface area contributed by atoms with Gasteiger partial charge in [0, 0.05) is 6.54 Å². The predicted molar refractivity (Wildman–Crippen MR) is 54.7 cm³/mol. The molecule has 4 heteroatoms. The van der Waals surface area contributed by atoms with Gasteiger partial charge in [-0.2, -0.15) is 0 Å². The second kappa shape index (κ2) is 13.7. The number of aliphatic carboxylic acids is 1. The SMILES string of the molecule is C=CCNCCCC.NCC(=O)O. The quantitative estimate of drug-likeness (QED) is 0.421. The summed E-state index contributed by atoms with van der Waals surface area (Å²) in [4.78, 5) is 9.24. The number of rotatable bonds is 6. The second-order valence-corrected chi connectivity index (χ2v) is 2.44. The van der Waals surface area contributed by atoms with Crippen LogP contribution in [0, 0.1) is 0 Å². The first-order valence-corrected chi connectivity index (χ1v) is 4.42. The number of unbranched alkanes of at least 4 members (excludes halogenated alkanes) is 1. The normalized spacial score (nSPS) is 8.46. The summed E-state index contributed by atoms with van der Waals surface area (Å²) in [5.41, 5.74) is 4.57. The maximum atomic E-state index is 9.24. The summed E-state index contributed by atoms with van der Waals surface area (Å²) in [6.45, 7) is 7.58. The van der Waals surface area contributed by atoms with Gasteiger partial charge in [0.25, 0.3) is 0 Å². The molecule has 4 nitrogen and oxygen atoms in total. The fourth-order valence-electron chi connectivity index (χ4n) is 0.506. The third-order valence-electron chi connectivity index (χ3n) is 1.17. The standard InChI is InChI=1S/C7H15N.C2H5NO2/c1-3-5-7-8-6-4-2;3-1-2(4)5/h4,8H,2-3,5-7H2,1H3;1,3H2,(H,4,5). The number of carboxylic acids is 1. The summed E-state index contributed by atoms with van der Waals surface area (Å²) in [5.74, 6) is -0.968. The summed E-state index contributed by atoms with van der Waals surface area (Å²) in [6.07, 6.45) is 4.42. The van der Waals surface area contributed by atoms with E-state index in [1.807, 2.05) is 6.08 Å². The average Bonchev–Trinajstić information content (AvgIpc) is 2.14. The van der Waals surface area contributed by atoms with Crippen LogP contribution in [-0.2, 0) is 4.79 Å². The van der Waals surface area contributed by atoms with Crippen LogP contribution < -0.4 is 11.1 Å². The highest BCUT2D eigenvalue weighted by Gasteiger charge is 1.81. The predicted octanol–water partition coefficient (Wildman–Crippen LogP) is 0.592. The molecule has 4 N–H and O–H groups in total. The molecule has 0 aromatic rings. The Morgan fingerprint density at radius 2 is 2.23 bits per heavy atom. The molecular weight excluding hydrogens is 168 g/mol. The largest absolute Gasteiger partial charge is 0.480 e. The zero-order valence-corrected chi connectivity index (χ0v) is 8.25. The Morgan fingerprint density at radius 3 is 2.54 bits per heavy atom. The molecule has 0 aliphatic carbocycles. The summed E-state index contributed by atoms with van der Waals surface area (Å²) in [7, 11) is 0. The highest BCUT2D eigenvalue weighted by molar-refractivity contribution is 5.68. The summed E-state index contributed by atoms with van der Waals surface area (Å²) in [6, 6.07) is 0. The van der Waals surface area contributed by atoms with E-state index in [4.69, 9.17) is 5.11 Å². The molecule has 0 aromatic carbocycles. The van der Waals surface area contributed by atoms with E-state index in [0.717, 1.165) is 13.1 Å². The number of nitrogens with one attached hydrogen (secondary N) is 1. The number of hydrogen-bond donors (Lipinski definition) is 3. The van der Waals surface area contributed by atoms with Gasteiger partial charge in [0.15, 0.2) is 0 Å². The lowest BCUT2D eigenvalue weighted by Gasteiger charge is -1.96. The van der Waals surface area contributed by atoms with Crippen molar-refractivity contribution in [3.8, 4) is 0 Å². The topological polar surface area (TPSA) is 75.3 Å². The minimum Gasteiger partial charge on any atom is -0.480 e. The van der Waals surface area contributed by atoms with Crippen molar-refractivity contribution in [2.24, 2.45) is 5.73 Å². The van der Waals surface area contributed by atoms with Gasteiger partial charge in [-0.25, -0.2) is 0 Å². The van der Waals surface area contributed by atoms with E-state index in [1.54, 1.807) is 0 Å². The van der Waals surface area contributed by atoms with Crippen molar-refractivity contribution in [1.82, 2.24) is 5.32 Å². The summed E-state index contributed by atoms with van der Waals surface area (Å²) < 4.78 is 0. The number of hydrogen-bond acceptors (Lipinski definition) is 3. The van der Waals surface area contributed by atoms with Gasteiger partial charge >= 0.3 is 5.97 Å². The van der Waals surface area contributed by atoms with E-state index < -0.39 is 5.97 Å². The van der Waals surface area contributed by atoms with Crippen LogP contribution >= 0.6 is 0 Å². The molecule has 0 spiro atoms. The molecule has 13 heavy (non-hydrogen) atoms. The van der Waals surface area contributed by atoms with Crippen LogP contribution in [0.15, 0.2) is 12.7 Å². The van der Waals surface area contributed by atoms with Crippen molar-refractivity contribution in [2.45, 2.75) is 19.8 Å². The minimum absolute atomic E-state index is 0.278. The average molecular weight is 188 g/mol. The van der Waals surface area contributed by atoms with Gasteiger partial charge in [-0.1, -0.05) is 19.4 Å². The summed E-state index contributed by atoms with van der Waals surface area (Å²) in [5, 5.41) is 10.8. The van der Waals surface area contributed by atoms with Crippen molar-refractivity contribution in [3.05, 3.63) is 12.7 Å². The van der Waals surface area contributed by atoms with Crippen LogP contribution in [0.4, 0.5) is 0 Å². The van der Waals surface area contributed by atoms with Gasteiger partial charge in [-0.3, -0.25) is 4.79 Å². The molecule has 78 valence electrons. The van der Waals surface area contributed by atoms with Crippen molar-refractivity contribution in [1.29, 1.82) is 0 Å². The van der Waals surface area contributed by atoms with Gasteiger partial charge < -0.3 is 16.2 Å². The van der Waals surface area contributed by atoms with Gasteiger partial charge in [-0.15, -0.1) is 6.58 Å². The van der Waals surface area contributed by atoms with Gasteiger partial charge in [0.2, 0.25) is 0 Å². The molecule has 0 atom stereocenters. The molecule has 0 saturated heterocycles. The lowest BCUT2D eigenvalue weighted by atomic mass is 10.3. The van der Waals surface area contributed by atoms with E-state index in [-0.39, 0.29) is 6.54 Å². The van der Waals surface area contributed by atoms with E-state index >= 15 is 0 Å². The Morgan fingerprint density at radius 1 is 1.69 bits per heavy atom. The van der Waals surface area contributed by atoms with Crippen molar-refractivity contribution in [2.75, 3.05) is 19.6 Å². The Balaban J connectivity index is 0. The van der Waals surface area contributed by atoms with Crippen molar-refractivity contribution >= 4 is 5.97 Å². The van der Waals surface area contributed by atoms with Crippen LogP contribution in [0.5, 0.6) is 0 Å². The zero-order valence-electron chi connectivity index (χ0n) is 8.25. The Bertz CT molecular complexity index is 127. The molecule has 0 rings (SSSR count). The maximum Gasteiger partial charge on any atom is 0.317 e. The van der Waals surface area contributed by atoms with E-state index in [1.165, 1.54) is 12.8 Å². The van der Waals surface area contributed by atoms with Crippen molar-refractivity contribution in [3.63, 3.8) is 0 Å². The van der Waals surface area contributed by atoms with E-state index in [2.05, 4.69) is 24.6 Å². The molecular formula is C9H20N2O2. The number of carbonyl (C=O) groups is 1. The minimum atomic E-state index is -0.968. The first-order chi connectivity index (χ1) is 6.18. The lowest BCUT2D eigenvalue weighted by Crippen LogP contribution is -2.14. The van der Waals surface area contributed by atoms with Gasteiger partial charge in [0.1, 0.15) is 0 Å². The molecule has 0 aliphatic heterocycles. The molecule has 0 radical (unpaired) electrons. The molecule has 0 heterocycles. The zero-order chi connectivity index (χ0) is 10.5. The van der Waals surface area contributed by atoms with Crippen LogP contribution in [0.1, 0.15) is 19.8 Å². The van der Waals surface area contributed by atoms with Gasteiger partial charge in [0.05, 0.1) is 6.54 Å². The molecule has 0 fully saturated rings. The smallest absolute Gasteiger partial charge is 0.317 e. The van der Waals surface area contributed by atoms with E-state index in [9.17, 15) is 4.79 Å². The first kappa shape index (κ1) is 14.6. The molecule has 0 unspecified atom stereocenters. The maximum absolute atomic E-state index is 9.24. The Labute approximate surface area is 79.8 Å². The number of carboxylic acid groups (broad SMARTS) is 1. The lowest BCUT2D eigenvalue weighted by molar-refractivity contribution is -0.135. The van der Waals surface area contributed by atoms with Crippen LogP contribution in [0.3, 0.4) is 0 Å². The Kier molecular flexibility index (Phi) is 15.4. The molecule has 0 amide bonds. The number of nitrogens with two attached hydrogens (primary N) is 1. The van der Waals surface area contributed by atoms with Gasteiger partial charge in [-0.05, 0) is 13.0 Å². The fourth-order valence-corrected chi connectivity index (χ4v) is 0.506. The molecule has 0 aliphatic rings. The highest BCUT2D eigenvalue weighted by Crippen LogP contribution is 1.80.